The molecule has 2 aromatic rings. The Balaban J connectivity index is 2.26. The Morgan fingerprint density at radius 1 is 1.53 bits per heavy atom. The van der Waals surface area contributed by atoms with E-state index in [0.29, 0.717) is 12.4 Å². The van der Waals surface area contributed by atoms with Crippen LogP contribution >= 0.6 is 11.6 Å². The summed E-state index contributed by atoms with van der Waals surface area (Å²) >= 11 is 5.83. The van der Waals surface area contributed by atoms with Crippen molar-refractivity contribution in [1.82, 2.24) is 4.98 Å². The number of halogens is 1. The van der Waals surface area contributed by atoms with Gasteiger partial charge in [0, 0.05) is 19.2 Å². The van der Waals surface area contributed by atoms with Crippen LogP contribution in [0.2, 0.25) is 5.15 Å². The molecule has 0 atom stereocenters. The largest absolute Gasteiger partial charge is 0.478 e. The minimum Gasteiger partial charge on any atom is -0.478 e. The normalized spacial score (nSPS) is 10.5. The maximum atomic E-state index is 11.0. The molecule has 5 nitrogen and oxygen atoms in total. The summed E-state index contributed by atoms with van der Waals surface area (Å²) in [6, 6.07) is 4.68. The second kappa shape index (κ2) is 5.32. The number of pyridine rings is 1. The number of carbonyl (C=O) groups is 1. The van der Waals surface area contributed by atoms with Crippen molar-refractivity contribution < 1.29 is 14.3 Å². The maximum Gasteiger partial charge on any atom is 0.335 e. The van der Waals surface area contributed by atoms with E-state index in [1.807, 2.05) is 24.9 Å². The van der Waals surface area contributed by atoms with E-state index in [1.165, 1.54) is 12.1 Å². The third kappa shape index (κ3) is 3.06. The number of anilines is 1. The van der Waals surface area contributed by atoms with E-state index < -0.39 is 5.97 Å². The Morgan fingerprint density at radius 2 is 2.26 bits per heavy atom. The van der Waals surface area contributed by atoms with Gasteiger partial charge in [0.05, 0.1) is 11.8 Å². The first-order valence-corrected chi connectivity index (χ1v) is 6.00. The SMILES string of the molecule is Cc1occc1CN(C)c1cc(C(=O)O)cc(Cl)n1. The van der Waals surface area contributed by atoms with Gasteiger partial charge < -0.3 is 14.4 Å². The summed E-state index contributed by atoms with van der Waals surface area (Å²) in [4.78, 5) is 16.9. The van der Waals surface area contributed by atoms with E-state index in [-0.39, 0.29) is 10.7 Å². The fourth-order valence-corrected chi connectivity index (χ4v) is 1.92. The van der Waals surface area contributed by atoms with Crippen molar-refractivity contribution in [2.45, 2.75) is 13.5 Å². The molecule has 0 spiro atoms. The fraction of sp³-hybridized carbons (Fsp3) is 0.231. The zero-order chi connectivity index (χ0) is 14.0. The number of hydrogen-bond acceptors (Lipinski definition) is 4. The third-order valence-corrected chi connectivity index (χ3v) is 2.99. The number of furan rings is 1. The molecule has 1 N–H and O–H groups in total. The summed E-state index contributed by atoms with van der Waals surface area (Å²) in [5, 5.41) is 9.15. The number of nitrogens with zero attached hydrogens (tertiary/aromatic N) is 2. The quantitative estimate of drug-likeness (QED) is 0.872. The van der Waals surface area contributed by atoms with Gasteiger partial charge in [0.2, 0.25) is 0 Å². The van der Waals surface area contributed by atoms with Gasteiger partial charge in [0.1, 0.15) is 16.7 Å². The number of carboxylic acids is 1. The summed E-state index contributed by atoms with van der Waals surface area (Å²) < 4.78 is 5.22. The molecule has 0 saturated carbocycles. The van der Waals surface area contributed by atoms with Crippen LogP contribution in [-0.2, 0) is 6.54 Å². The summed E-state index contributed by atoms with van der Waals surface area (Å²) in [6.07, 6.45) is 1.62. The van der Waals surface area contributed by atoms with Crippen molar-refractivity contribution in [1.29, 1.82) is 0 Å². The number of aromatic carboxylic acids is 1. The highest BCUT2D eigenvalue weighted by Gasteiger charge is 2.12. The molecule has 2 aromatic heterocycles. The lowest BCUT2D eigenvalue weighted by Gasteiger charge is -2.18. The van der Waals surface area contributed by atoms with E-state index in [0.717, 1.165) is 11.3 Å². The molecule has 0 saturated heterocycles. The number of hydrogen-bond donors (Lipinski definition) is 1. The average molecular weight is 281 g/mol. The molecule has 0 fully saturated rings. The summed E-state index contributed by atoms with van der Waals surface area (Å²) in [5.41, 5.74) is 1.13. The van der Waals surface area contributed by atoms with Gasteiger partial charge in [-0.2, -0.15) is 0 Å². The highest BCUT2D eigenvalue weighted by molar-refractivity contribution is 6.29. The molecule has 0 radical (unpaired) electrons. The first-order chi connectivity index (χ1) is 8.97. The van der Waals surface area contributed by atoms with Crippen LogP contribution in [0.1, 0.15) is 21.7 Å². The molecule has 0 aliphatic carbocycles. The van der Waals surface area contributed by atoms with Crippen molar-refractivity contribution in [2.75, 3.05) is 11.9 Å². The Labute approximate surface area is 115 Å². The number of carboxylic acid groups (broad SMARTS) is 1. The predicted octanol–water partition coefficient (Wildman–Crippen LogP) is 2.97. The van der Waals surface area contributed by atoms with Crippen LogP contribution in [0.4, 0.5) is 5.82 Å². The molecule has 0 aromatic carbocycles. The Hall–Kier alpha value is -2.01. The topological polar surface area (TPSA) is 66.6 Å². The van der Waals surface area contributed by atoms with Gasteiger partial charge in [0.25, 0.3) is 0 Å². The number of rotatable bonds is 4. The standard InChI is InChI=1S/C13H13ClN2O3/c1-8-9(3-4-19-8)7-16(2)12-6-10(13(17)18)5-11(14)15-12/h3-6H,7H2,1-2H3,(H,17,18). The van der Waals surface area contributed by atoms with Gasteiger partial charge in [0.15, 0.2) is 0 Å². The second-order valence-corrected chi connectivity index (χ2v) is 4.59. The Kier molecular flexibility index (Phi) is 3.76. The van der Waals surface area contributed by atoms with Crippen LogP contribution in [0.5, 0.6) is 0 Å². The molecule has 0 bridgehead atoms. The molecule has 6 heteroatoms. The third-order valence-electron chi connectivity index (χ3n) is 2.79. The maximum absolute atomic E-state index is 11.0. The Morgan fingerprint density at radius 3 is 2.84 bits per heavy atom. The minimum atomic E-state index is -1.03. The second-order valence-electron chi connectivity index (χ2n) is 4.20. The highest BCUT2D eigenvalue weighted by atomic mass is 35.5. The lowest BCUT2D eigenvalue weighted by molar-refractivity contribution is 0.0697. The first-order valence-electron chi connectivity index (χ1n) is 5.62. The molecule has 100 valence electrons. The van der Waals surface area contributed by atoms with Gasteiger partial charge >= 0.3 is 5.97 Å². The first kappa shape index (κ1) is 13.4. The van der Waals surface area contributed by atoms with Crippen molar-refractivity contribution >= 4 is 23.4 Å². The molecule has 0 aliphatic heterocycles. The van der Waals surface area contributed by atoms with E-state index in [1.54, 1.807) is 6.26 Å². The molecular formula is C13H13ClN2O3. The van der Waals surface area contributed by atoms with Crippen molar-refractivity contribution in [3.8, 4) is 0 Å². The van der Waals surface area contributed by atoms with Gasteiger partial charge in [-0.05, 0) is 25.1 Å². The highest BCUT2D eigenvalue weighted by Crippen LogP contribution is 2.20. The van der Waals surface area contributed by atoms with Crippen LogP contribution in [-0.4, -0.2) is 23.1 Å². The van der Waals surface area contributed by atoms with Crippen LogP contribution in [0.3, 0.4) is 0 Å². The van der Waals surface area contributed by atoms with E-state index in [2.05, 4.69) is 4.98 Å². The van der Waals surface area contributed by atoms with E-state index in [9.17, 15) is 4.79 Å². The molecular weight excluding hydrogens is 268 g/mol. The lowest BCUT2D eigenvalue weighted by Crippen LogP contribution is -2.18. The summed E-state index contributed by atoms with van der Waals surface area (Å²) in [6.45, 7) is 2.44. The molecule has 0 aliphatic rings. The van der Waals surface area contributed by atoms with Crippen LogP contribution in [0, 0.1) is 6.92 Å². The molecule has 19 heavy (non-hydrogen) atoms. The lowest BCUT2D eigenvalue weighted by atomic mass is 10.2. The van der Waals surface area contributed by atoms with Gasteiger partial charge in [-0.15, -0.1) is 0 Å². The summed E-state index contributed by atoms with van der Waals surface area (Å²) in [5.74, 6) is 0.302. The van der Waals surface area contributed by atoms with Gasteiger partial charge in [-0.25, -0.2) is 9.78 Å². The number of aromatic nitrogens is 1. The van der Waals surface area contributed by atoms with Crippen LogP contribution < -0.4 is 4.90 Å². The zero-order valence-electron chi connectivity index (χ0n) is 10.6. The predicted molar refractivity (Wildman–Crippen MR) is 71.8 cm³/mol. The molecule has 2 heterocycles. The van der Waals surface area contributed by atoms with Crippen molar-refractivity contribution in [2.24, 2.45) is 0 Å². The molecule has 0 amide bonds. The zero-order valence-corrected chi connectivity index (χ0v) is 11.3. The van der Waals surface area contributed by atoms with E-state index in [4.69, 9.17) is 21.1 Å². The van der Waals surface area contributed by atoms with Crippen LogP contribution in [0.15, 0.2) is 28.9 Å². The van der Waals surface area contributed by atoms with Crippen molar-refractivity contribution in [3.05, 3.63) is 46.5 Å². The minimum absolute atomic E-state index is 0.116. The monoisotopic (exact) mass is 280 g/mol. The van der Waals surface area contributed by atoms with Crippen LogP contribution in [0.25, 0.3) is 0 Å². The summed E-state index contributed by atoms with van der Waals surface area (Å²) in [7, 11) is 1.82. The van der Waals surface area contributed by atoms with E-state index >= 15 is 0 Å². The Bertz CT molecular complexity index is 610. The van der Waals surface area contributed by atoms with Gasteiger partial charge in [-0.3, -0.25) is 0 Å². The number of aryl methyl sites for hydroxylation is 1. The molecule has 2 rings (SSSR count). The average Bonchev–Trinajstić information content (AvgIpc) is 2.74. The van der Waals surface area contributed by atoms with Gasteiger partial charge in [-0.1, -0.05) is 11.6 Å². The smallest absolute Gasteiger partial charge is 0.335 e. The fourth-order valence-electron chi connectivity index (χ4n) is 1.71. The molecule has 0 unspecified atom stereocenters. The van der Waals surface area contributed by atoms with Crippen molar-refractivity contribution in [3.63, 3.8) is 0 Å².